The maximum absolute atomic E-state index is 11.1. The molecule has 0 fully saturated rings. The fourth-order valence-corrected chi connectivity index (χ4v) is 1.76. The number of pyridine rings is 1. The molecule has 0 bridgehead atoms. The lowest BCUT2D eigenvalue weighted by atomic mass is 10.2. The van der Waals surface area contributed by atoms with Gasteiger partial charge in [0.2, 0.25) is 0 Å². The Morgan fingerprint density at radius 1 is 1.39 bits per heavy atom. The molecule has 0 aliphatic heterocycles. The van der Waals surface area contributed by atoms with Gasteiger partial charge in [-0.15, -0.1) is 5.10 Å². The number of aryl methyl sites for hydroxylation is 1. The molecule has 8 heteroatoms. The van der Waals surface area contributed by atoms with Gasteiger partial charge >= 0.3 is 5.97 Å². The first kappa shape index (κ1) is 10.4. The minimum atomic E-state index is -1.02. The number of fused-ring (bicyclic) bond motifs is 1. The standard InChI is InChI=1S/C10H8N6O2/c1-6-3-15-4-7(10(17)18)2-8(9(15)12-6)16-5-11-13-14-16/h2-5H,1H3,(H,17,18). The first-order chi connectivity index (χ1) is 8.65. The van der Waals surface area contributed by atoms with E-state index >= 15 is 0 Å². The number of carboxylic acids is 1. The number of hydrogen-bond acceptors (Lipinski definition) is 5. The molecule has 18 heavy (non-hydrogen) atoms. The summed E-state index contributed by atoms with van der Waals surface area (Å²) in [5.41, 5.74) is 2.05. The van der Waals surface area contributed by atoms with E-state index in [1.807, 2.05) is 6.92 Å². The van der Waals surface area contributed by atoms with E-state index in [9.17, 15) is 4.79 Å². The van der Waals surface area contributed by atoms with Crippen LogP contribution in [0.15, 0.2) is 24.8 Å². The van der Waals surface area contributed by atoms with Gasteiger partial charge in [-0.1, -0.05) is 0 Å². The van der Waals surface area contributed by atoms with E-state index in [-0.39, 0.29) is 5.56 Å². The Morgan fingerprint density at radius 3 is 2.89 bits per heavy atom. The first-order valence-electron chi connectivity index (χ1n) is 5.11. The van der Waals surface area contributed by atoms with E-state index < -0.39 is 5.97 Å². The van der Waals surface area contributed by atoms with Gasteiger partial charge in [0.15, 0.2) is 5.65 Å². The Morgan fingerprint density at radius 2 is 2.22 bits per heavy atom. The van der Waals surface area contributed by atoms with Crippen molar-refractivity contribution in [2.24, 2.45) is 0 Å². The fourth-order valence-electron chi connectivity index (χ4n) is 1.76. The van der Waals surface area contributed by atoms with Crippen LogP contribution in [0.1, 0.15) is 16.1 Å². The van der Waals surface area contributed by atoms with Crippen LogP contribution in [0.4, 0.5) is 0 Å². The van der Waals surface area contributed by atoms with Gasteiger partial charge in [0.1, 0.15) is 12.0 Å². The molecular weight excluding hydrogens is 236 g/mol. The van der Waals surface area contributed by atoms with Crippen LogP contribution in [0.5, 0.6) is 0 Å². The number of aromatic carboxylic acids is 1. The number of tetrazole rings is 1. The number of carbonyl (C=O) groups is 1. The van der Waals surface area contributed by atoms with E-state index in [0.29, 0.717) is 11.3 Å². The summed E-state index contributed by atoms with van der Waals surface area (Å²) in [5, 5.41) is 19.9. The van der Waals surface area contributed by atoms with Crippen LogP contribution < -0.4 is 0 Å². The van der Waals surface area contributed by atoms with Crippen LogP contribution in [-0.4, -0.2) is 40.7 Å². The van der Waals surface area contributed by atoms with E-state index in [4.69, 9.17) is 5.11 Å². The second kappa shape index (κ2) is 3.62. The van der Waals surface area contributed by atoms with Crippen molar-refractivity contribution in [2.45, 2.75) is 6.92 Å². The molecule has 0 saturated heterocycles. The zero-order valence-corrected chi connectivity index (χ0v) is 9.35. The minimum absolute atomic E-state index is 0.144. The summed E-state index contributed by atoms with van der Waals surface area (Å²) in [6, 6.07) is 1.49. The molecule has 1 N–H and O–H groups in total. The Labute approximate surface area is 100 Å². The minimum Gasteiger partial charge on any atom is -0.478 e. The monoisotopic (exact) mass is 244 g/mol. The van der Waals surface area contributed by atoms with Crippen LogP contribution >= 0.6 is 0 Å². The van der Waals surface area contributed by atoms with Crippen molar-refractivity contribution < 1.29 is 9.90 Å². The fraction of sp³-hybridized carbons (Fsp3) is 0.100. The number of hydrogen-bond donors (Lipinski definition) is 1. The third-order valence-electron chi connectivity index (χ3n) is 2.50. The van der Waals surface area contributed by atoms with Crippen molar-refractivity contribution in [3.05, 3.63) is 36.0 Å². The molecule has 0 unspecified atom stereocenters. The summed E-state index contributed by atoms with van der Waals surface area (Å²) < 4.78 is 3.03. The number of nitrogens with zero attached hydrogens (tertiary/aromatic N) is 6. The molecule has 0 atom stereocenters. The van der Waals surface area contributed by atoms with Gasteiger partial charge in [-0.2, -0.15) is 4.68 Å². The Balaban J connectivity index is 2.36. The third kappa shape index (κ3) is 1.51. The second-order valence-electron chi connectivity index (χ2n) is 3.79. The zero-order chi connectivity index (χ0) is 12.7. The lowest BCUT2D eigenvalue weighted by molar-refractivity contribution is 0.0696. The summed E-state index contributed by atoms with van der Waals surface area (Å²) in [4.78, 5) is 15.4. The lowest BCUT2D eigenvalue weighted by Crippen LogP contribution is -2.05. The molecule has 3 heterocycles. The van der Waals surface area contributed by atoms with E-state index in [1.54, 1.807) is 10.6 Å². The summed E-state index contributed by atoms with van der Waals surface area (Å²) in [6.45, 7) is 1.83. The highest BCUT2D eigenvalue weighted by atomic mass is 16.4. The molecule has 0 saturated carbocycles. The lowest BCUT2D eigenvalue weighted by Gasteiger charge is -2.04. The molecule has 0 amide bonds. The molecule has 0 aromatic carbocycles. The predicted molar refractivity (Wildman–Crippen MR) is 59.6 cm³/mol. The number of imidazole rings is 1. The highest BCUT2D eigenvalue weighted by Crippen LogP contribution is 2.17. The normalized spacial score (nSPS) is 10.9. The van der Waals surface area contributed by atoms with Crippen LogP contribution in [-0.2, 0) is 0 Å². The average Bonchev–Trinajstić information content (AvgIpc) is 2.94. The Kier molecular flexibility index (Phi) is 2.09. The Hall–Kier alpha value is -2.77. The Bertz CT molecular complexity index is 730. The number of rotatable bonds is 2. The third-order valence-corrected chi connectivity index (χ3v) is 2.50. The molecule has 3 rings (SSSR count). The predicted octanol–water partition coefficient (Wildman–Crippen LogP) is 0.317. The smallest absolute Gasteiger partial charge is 0.337 e. The van der Waals surface area contributed by atoms with Crippen molar-refractivity contribution >= 4 is 11.6 Å². The highest BCUT2D eigenvalue weighted by Gasteiger charge is 2.13. The van der Waals surface area contributed by atoms with Gasteiger partial charge in [-0.3, -0.25) is 0 Å². The van der Waals surface area contributed by atoms with E-state index in [0.717, 1.165) is 5.69 Å². The highest BCUT2D eigenvalue weighted by molar-refractivity contribution is 5.89. The quantitative estimate of drug-likeness (QED) is 0.696. The summed E-state index contributed by atoms with van der Waals surface area (Å²) in [7, 11) is 0. The molecule has 0 aliphatic carbocycles. The van der Waals surface area contributed by atoms with Gasteiger partial charge in [0, 0.05) is 12.4 Å². The molecule has 8 nitrogen and oxygen atoms in total. The number of aromatic nitrogens is 6. The summed E-state index contributed by atoms with van der Waals surface area (Å²) >= 11 is 0. The van der Waals surface area contributed by atoms with Crippen LogP contribution in [0.3, 0.4) is 0 Å². The average molecular weight is 244 g/mol. The maximum atomic E-state index is 11.1. The van der Waals surface area contributed by atoms with Gasteiger partial charge < -0.3 is 9.51 Å². The van der Waals surface area contributed by atoms with Crippen molar-refractivity contribution in [2.75, 3.05) is 0 Å². The number of carboxylic acid groups (broad SMARTS) is 1. The zero-order valence-electron chi connectivity index (χ0n) is 9.35. The summed E-state index contributed by atoms with van der Waals surface area (Å²) in [5.74, 6) is -1.02. The van der Waals surface area contributed by atoms with Gasteiger partial charge in [-0.25, -0.2) is 9.78 Å². The first-order valence-corrected chi connectivity index (χ1v) is 5.11. The van der Waals surface area contributed by atoms with Crippen LogP contribution in [0.25, 0.3) is 11.3 Å². The maximum Gasteiger partial charge on any atom is 0.337 e. The van der Waals surface area contributed by atoms with Gasteiger partial charge in [-0.05, 0) is 23.4 Å². The van der Waals surface area contributed by atoms with Crippen molar-refractivity contribution in [3.63, 3.8) is 0 Å². The van der Waals surface area contributed by atoms with Gasteiger partial charge in [0.05, 0.1) is 11.3 Å². The summed E-state index contributed by atoms with van der Waals surface area (Å²) in [6.07, 6.45) is 4.64. The van der Waals surface area contributed by atoms with Gasteiger partial charge in [0.25, 0.3) is 0 Å². The largest absolute Gasteiger partial charge is 0.478 e. The van der Waals surface area contributed by atoms with Crippen LogP contribution in [0, 0.1) is 6.92 Å². The molecule has 0 aliphatic rings. The van der Waals surface area contributed by atoms with E-state index in [2.05, 4.69) is 20.5 Å². The second-order valence-corrected chi connectivity index (χ2v) is 3.79. The molecular formula is C10H8N6O2. The molecule has 0 radical (unpaired) electrons. The molecule has 3 aromatic rings. The topological polar surface area (TPSA) is 98.2 Å². The van der Waals surface area contributed by atoms with Crippen LogP contribution in [0.2, 0.25) is 0 Å². The molecule has 3 aromatic heterocycles. The SMILES string of the molecule is Cc1cn2cc(C(=O)O)cc(-n3cnnn3)c2n1. The van der Waals surface area contributed by atoms with Crippen molar-refractivity contribution in [3.8, 4) is 5.69 Å². The van der Waals surface area contributed by atoms with Crippen molar-refractivity contribution in [1.29, 1.82) is 0 Å². The molecule has 90 valence electrons. The molecule has 0 spiro atoms. The van der Waals surface area contributed by atoms with Crippen molar-refractivity contribution in [1.82, 2.24) is 29.6 Å². The van der Waals surface area contributed by atoms with E-state index in [1.165, 1.54) is 23.3 Å².